The zero-order valence-electron chi connectivity index (χ0n) is 12.4. The predicted octanol–water partition coefficient (Wildman–Crippen LogP) is 3.61. The van der Waals surface area contributed by atoms with Crippen molar-refractivity contribution in [1.82, 2.24) is 9.55 Å². The van der Waals surface area contributed by atoms with Crippen molar-refractivity contribution in [1.29, 1.82) is 0 Å². The lowest BCUT2D eigenvalue weighted by molar-refractivity contribution is 0.704. The van der Waals surface area contributed by atoms with Crippen molar-refractivity contribution in [2.45, 2.75) is 26.3 Å². The molecule has 0 aliphatic carbocycles. The highest BCUT2D eigenvalue weighted by atomic mass is 15.1. The number of hydrogen-bond acceptors (Lipinski definition) is 2. The first-order valence-corrected chi connectivity index (χ1v) is 7.58. The Morgan fingerprint density at radius 2 is 1.81 bits per heavy atom. The summed E-state index contributed by atoms with van der Waals surface area (Å²) in [6.45, 7) is 3.87. The molecule has 0 radical (unpaired) electrons. The minimum Gasteiger partial charge on any atom is -0.330 e. The molecule has 0 aliphatic rings. The molecule has 3 heteroatoms. The van der Waals surface area contributed by atoms with Gasteiger partial charge in [0, 0.05) is 12.1 Å². The molecule has 0 fully saturated rings. The van der Waals surface area contributed by atoms with Crippen LogP contribution < -0.4 is 5.73 Å². The van der Waals surface area contributed by atoms with E-state index in [0.717, 1.165) is 30.7 Å². The molecule has 3 rings (SSSR count). The van der Waals surface area contributed by atoms with Crippen molar-refractivity contribution in [2.75, 3.05) is 6.54 Å². The average Bonchev–Trinajstić information content (AvgIpc) is 2.88. The van der Waals surface area contributed by atoms with E-state index in [0.29, 0.717) is 6.54 Å². The number of nitrogens with two attached hydrogens (primary N) is 1. The third-order valence-corrected chi connectivity index (χ3v) is 3.75. The number of rotatable bonds is 5. The summed E-state index contributed by atoms with van der Waals surface area (Å²) in [5, 5.41) is 0. The second-order valence-electron chi connectivity index (χ2n) is 5.31. The maximum absolute atomic E-state index is 5.61. The number of nitrogens with zero attached hydrogens (tertiary/aromatic N) is 2. The van der Waals surface area contributed by atoms with Gasteiger partial charge < -0.3 is 10.3 Å². The smallest absolute Gasteiger partial charge is 0.141 e. The maximum Gasteiger partial charge on any atom is 0.141 e. The largest absolute Gasteiger partial charge is 0.330 e. The summed E-state index contributed by atoms with van der Waals surface area (Å²) >= 11 is 0. The molecular weight excluding hydrogens is 258 g/mol. The lowest BCUT2D eigenvalue weighted by atomic mass is 10.1. The van der Waals surface area contributed by atoms with E-state index >= 15 is 0 Å². The van der Waals surface area contributed by atoms with E-state index in [9.17, 15) is 0 Å². The lowest BCUT2D eigenvalue weighted by Crippen LogP contribution is -2.03. The van der Waals surface area contributed by atoms with Gasteiger partial charge in [-0.2, -0.15) is 0 Å². The first kappa shape index (κ1) is 13.8. The molecule has 2 aromatic carbocycles. The molecular formula is C18H21N3. The first-order chi connectivity index (χ1) is 10.3. The Morgan fingerprint density at radius 1 is 1.05 bits per heavy atom. The van der Waals surface area contributed by atoms with Crippen LogP contribution in [0, 0.1) is 0 Å². The third-order valence-electron chi connectivity index (χ3n) is 3.75. The van der Waals surface area contributed by atoms with Crippen molar-refractivity contribution in [3.05, 3.63) is 54.1 Å². The normalized spacial score (nSPS) is 11.1. The Hall–Kier alpha value is -2.13. The van der Waals surface area contributed by atoms with Gasteiger partial charge in [-0.3, -0.25) is 0 Å². The summed E-state index contributed by atoms with van der Waals surface area (Å²) in [7, 11) is 0. The summed E-state index contributed by atoms with van der Waals surface area (Å²) in [6, 6.07) is 16.9. The van der Waals surface area contributed by atoms with Crippen LogP contribution in [0.25, 0.3) is 22.4 Å². The molecule has 3 aromatic rings. The Labute approximate surface area is 125 Å². The first-order valence-electron chi connectivity index (χ1n) is 7.58. The molecule has 0 amide bonds. The highest BCUT2D eigenvalue weighted by Crippen LogP contribution is 2.25. The fraction of sp³-hybridized carbons (Fsp3) is 0.278. The van der Waals surface area contributed by atoms with Crippen LogP contribution in [-0.4, -0.2) is 16.1 Å². The van der Waals surface area contributed by atoms with Crippen LogP contribution in [0.15, 0.2) is 48.5 Å². The molecule has 21 heavy (non-hydrogen) atoms. The molecule has 108 valence electrons. The van der Waals surface area contributed by atoms with E-state index in [1.54, 1.807) is 0 Å². The van der Waals surface area contributed by atoms with Crippen LogP contribution in [0.3, 0.4) is 0 Å². The monoisotopic (exact) mass is 279 g/mol. The number of benzene rings is 2. The SMILES string of the molecule is CCCn1c(-c2ccc(CCN)cc2)nc2ccccc21. The van der Waals surface area contributed by atoms with Crippen molar-refractivity contribution < 1.29 is 0 Å². The molecule has 0 saturated carbocycles. The van der Waals surface area contributed by atoms with Gasteiger partial charge in [0.15, 0.2) is 0 Å². The zero-order valence-corrected chi connectivity index (χ0v) is 12.4. The minimum absolute atomic E-state index is 0.688. The van der Waals surface area contributed by atoms with Crippen LogP contribution in [0.4, 0.5) is 0 Å². The Bertz CT molecular complexity index is 726. The predicted molar refractivity (Wildman–Crippen MR) is 88.2 cm³/mol. The summed E-state index contributed by atoms with van der Waals surface area (Å²) in [5.74, 6) is 1.05. The number of fused-ring (bicyclic) bond motifs is 1. The molecule has 1 aromatic heterocycles. The molecule has 2 N–H and O–H groups in total. The van der Waals surface area contributed by atoms with Crippen LogP contribution >= 0.6 is 0 Å². The van der Waals surface area contributed by atoms with Gasteiger partial charge in [-0.15, -0.1) is 0 Å². The lowest BCUT2D eigenvalue weighted by Gasteiger charge is -2.08. The number of aryl methyl sites for hydroxylation is 1. The van der Waals surface area contributed by atoms with Gasteiger partial charge >= 0.3 is 0 Å². The Morgan fingerprint density at radius 3 is 2.52 bits per heavy atom. The standard InChI is InChI=1S/C18H21N3/c1-2-13-21-17-6-4-3-5-16(17)20-18(21)15-9-7-14(8-10-15)11-12-19/h3-10H,2,11-13,19H2,1H3. The van der Waals surface area contributed by atoms with Gasteiger partial charge in [0.1, 0.15) is 5.82 Å². The molecule has 0 saturated heterocycles. The summed E-state index contributed by atoms with van der Waals surface area (Å²) in [5.41, 5.74) is 10.3. The van der Waals surface area contributed by atoms with Gasteiger partial charge in [-0.1, -0.05) is 43.3 Å². The molecule has 0 unspecified atom stereocenters. The summed E-state index contributed by atoms with van der Waals surface area (Å²) < 4.78 is 2.31. The molecule has 0 atom stereocenters. The van der Waals surface area contributed by atoms with E-state index < -0.39 is 0 Å². The number of aromatic nitrogens is 2. The molecule has 1 heterocycles. The van der Waals surface area contributed by atoms with E-state index in [2.05, 4.69) is 54.0 Å². The molecule has 0 aliphatic heterocycles. The van der Waals surface area contributed by atoms with Crippen LogP contribution in [0.2, 0.25) is 0 Å². The van der Waals surface area contributed by atoms with Crippen molar-refractivity contribution in [3.8, 4) is 11.4 Å². The van der Waals surface area contributed by atoms with E-state index in [1.807, 2.05) is 6.07 Å². The van der Waals surface area contributed by atoms with E-state index in [-0.39, 0.29) is 0 Å². The summed E-state index contributed by atoms with van der Waals surface area (Å²) in [4.78, 5) is 4.82. The van der Waals surface area contributed by atoms with Crippen LogP contribution in [-0.2, 0) is 13.0 Å². The fourth-order valence-corrected chi connectivity index (χ4v) is 2.73. The average molecular weight is 279 g/mol. The van der Waals surface area contributed by atoms with Crippen molar-refractivity contribution >= 4 is 11.0 Å². The van der Waals surface area contributed by atoms with Gasteiger partial charge in [0.05, 0.1) is 11.0 Å². The van der Waals surface area contributed by atoms with Crippen LogP contribution in [0.5, 0.6) is 0 Å². The number of para-hydroxylation sites is 2. The highest BCUT2D eigenvalue weighted by molar-refractivity contribution is 5.80. The van der Waals surface area contributed by atoms with Crippen molar-refractivity contribution in [2.24, 2.45) is 5.73 Å². The highest BCUT2D eigenvalue weighted by Gasteiger charge is 2.11. The Kier molecular flexibility index (Phi) is 4.02. The Balaban J connectivity index is 2.08. The summed E-state index contributed by atoms with van der Waals surface area (Å²) in [6.07, 6.45) is 2.02. The molecule has 0 bridgehead atoms. The number of hydrogen-bond donors (Lipinski definition) is 1. The van der Waals surface area contributed by atoms with Gasteiger partial charge in [-0.25, -0.2) is 4.98 Å². The number of imidazole rings is 1. The minimum atomic E-state index is 0.688. The second kappa shape index (κ2) is 6.10. The topological polar surface area (TPSA) is 43.8 Å². The van der Waals surface area contributed by atoms with Crippen molar-refractivity contribution in [3.63, 3.8) is 0 Å². The maximum atomic E-state index is 5.61. The van der Waals surface area contributed by atoms with Gasteiger partial charge in [-0.05, 0) is 37.1 Å². The second-order valence-corrected chi connectivity index (χ2v) is 5.31. The molecule has 3 nitrogen and oxygen atoms in total. The molecule has 0 spiro atoms. The van der Waals surface area contributed by atoms with Gasteiger partial charge in [0.25, 0.3) is 0 Å². The zero-order chi connectivity index (χ0) is 14.7. The van der Waals surface area contributed by atoms with Gasteiger partial charge in [0.2, 0.25) is 0 Å². The van der Waals surface area contributed by atoms with Crippen LogP contribution in [0.1, 0.15) is 18.9 Å². The van der Waals surface area contributed by atoms with E-state index in [1.165, 1.54) is 16.6 Å². The third kappa shape index (κ3) is 2.69. The fourth-order valence-electron chi connectivity index (χ4n) is 2.73. The quantitative estimate of drug-likeness (QED) is 0.775. The van der Waals surface area contributed by atoms with E-state index in [4.69, 9.17) is 10.7 Å².